The number of rotatable bonds is 7. The minimum absolute atomic E-state index is 0.0706. The average Bonchev–Trinajstić information content (AvgIpc) is 2.73. The van der Waals surface area contributed by atoms with Crippen LogP contribution in [0.3, 0.4) is 0 Å². The topological polar surface area (TPSA) is 127 Å². The van der Waals surface area contributed by atoms with E-state index in [0.29, 0.717) is 22.5 Å². The van der Waals surface area contributed by atoms with Crippen molar-refractivity contribution in [2.75, 3.05) is 10.6 Å². The van der Waals surface area contributed by atoms with Crippen LogP contribution in [-0.2, 0) is 6.54 Å². The Morgan fingerprint density at radius 3 is 2.37 bits per heavy atom. The number of carbonyl (C=O) groups excluding carboxylic acids is 2. The number of nitrogens with zero attached hydrogens (tertiary/aromatic N) is 1. The van der Waals surface area contributed by atoms with Crippen LogP contribution in [0.1, 0.15) is 31.8 Å². The maximum atomic E-state index is 12.5. The summed E-state index contributed by atoms with van der Waals surface area (Å²) < 4.78 is 0. The maximum Gasteiger partial charge on any atom is 0.275 e. The van der Waals surface area contributed by atoms with Crippen LogP contribution in [0.2, 0.25) is 0 Å². The lowest BCUT2D eigenvalue weighted by molar-refractivity contribution is -0.385. The molecule has 3 rings (SSSR count). The van der Waals surface area contributed by atoms with E-state index in [0.717, 1.165) is 11.6 Å². The SMILES string of the molecule is Cc1ccc(C(=O)Nc2ccccc2)cc1NCc1ccc(C(N)=O)cc1[N+](=O)[O-]. The highest BCUT2D eigenvalue weighted by molar-refractivity contribution is 6.04. The quantitative estimate of drug-likeness (QED) is 0.407. The van der Waals surface area contributed by atoms with Crippen molar-refractivity contribution < 1.29 is 14.5 Å². The molecule has 3 aromatic rings. The van der Waals surface area contributed by atoms with Crippen LogP contribution < -0.4 is 16.4 Å². The normalized spacial score (nSPS) is 10.3. The molecule has 30 heavy (non-hydrogen) atoms. The van der Waals surface area contributed by atoms with E-state index in [4.69, 9.17) is 5.73 Å². The van der Waals surface area contributed by atoms with Crippen LogP contribution in [0, 0.1) is 17.0 Å². The number of nitrogens with one attached hydrogen (secondary N) is 2. The summed E-state index contributed by atoms with van der Waals surface area (Å²) in [6.07, 6.45) is 0. The van der Waals surface area contributed by atoms with Gasteiger partial charge in [0, 0.05) is 40.7 Å². The van der Waals surface area contributed by atoms with E-state index in [-0.39, 0.29) is 23.7 Å². The number of carbonyl (C=O) groups is 2. The number of nitro groups is 1. The van der Waals surface area contributed by atoms with Gasteiger partial charge in [-0.05, 0) is 48.9 Å². The van der Waals surface area contributed by atoms with Crippen LogP contribution in [0.5, 0.6) is 0 Å². The first-order chi connectivity index (χ1) is 14.3. The lowest BCUT2D eigenvalue weighted by atomic mass is 10.1. The summed E-state index contributed by atoms with van der Waals surface area (Å²) in [5.74, 6) is -0.994. The number of hydrogen-bond acceptors (Lipinski definition) is 5. The number of amides is 2. The Bertz CT molecular complexity index is 1110. The second-order valence-corrected chi connectivity index (χ2v) is 6.67. The Kier molecular flexibility index (Phi) is 6.07. The van der Waals surface area contributed by atoms with Crippen molar-refractivity contribution in [2.24, 2.45) is 5.73 Å². The zero-order chi connectivity index (χ0) is 21.7. The number of primary amides is 1. The summed E-state index contributed by atoms with van der Waals surface area (Å²) in [7, 11) is 0. The number of para-hydroxylation sites is 1. The van der Waals surface area contributed by atoms with Gasteiger partial charge in [0.05, 0.1) is 4.92 Å². The molecule has 0 aliphatic carbocycles. The van der Waals surface area contributed by atoms with E-state index in [2.05, 4.69) is 10.6 Å². The molecule has 0 fully saturated rings. The summed E-state index contributed by atoms with van der Waals surface area (Å²) in [4.78, 5) is 34.6. The van der Waals surface area contributed by atoms with Gasteiger partial charge in [0.2, 0.25) is 5.91 Å². The van der Waals surface area contributed by atoms with E-state index < -0.39 is 10.8 Å². The Labute approximate surface area is 172 Å². The summed E-state index contributed by atoms with van der Waals surface area (Å²) in [6, 6.07) is 18.4. The number of aryl methyl sites for hydroxylation is 1. The molecule has 2 amide bonds. The Balaban J connectivity index is 1.79. The van der Waals surface area contributed by atoms with E-state index in [1.54, 1.807) is 30.3 Å². The van der Waals surface area contributed by atoms with Crippen LogP contribution in [-0.4, -0.2) is 16.7 Å². The van der Waals surface area contributed by atoms with Gasteiger partial charge < -0.3 is 16.4 Å². The zero-order valence-corrected chi connectivity index (χ0v) is 16.2. The fraction of sp³-hybridized carbons (Fsp3) is 0.0909. The Morgan fingerprint density at radius 2 is 1.70 bits per heavy atom. The largest absolute Gasteiger partial charge is 0.380 e. The molecule has 0 unspecified atom stereocenters. The second-order valence-electron chi connectivity index (χ2n) is 6.67. The summed E-state index contributed by atoms with van der Waals surface area (Å²) >= 11 is 0. The van der Waals surface area contributed by atoms with Gasteiger partial charge in [-0.1, -0.05) is 24.3 Å². The van der Waals surface area contributed by atoms with Crippen molar-refractivity contribution in [2.45, 2.75) is 13.5 Å². The minimum atomic E-state index is -0.731. The molecule has 0 aliphatic heterocycles. The molecular weight excluding hydrogens is 384 g/mol. The number of nitrogens with two attached hydrogens (primary N) is 1. The van der Waals surface area contributed by atoms with Gasteiger partial charge in [0.1, 0.15) is 0 Å². The predicted octanol–water partition coefficient (Wildman–Crippen LogP) is 3.87. The Hall–Kier alpha value is -4.20. The van der Waals surface area contributed by atoms with Crippen LogP contribution in [0.25, 0.3) is 0 Å². The maximum absolute atomic E-state index is 12.5. The van der Waals surface area contributed by atoms with Gasteiger partial charge in [-0.3, -0.25) is 19.7 Å². The molecule has 0 atom stereocenters. The van der Waals surface area contributed by atoms with Crippen LogP contribution in [0.15, 0.2) is 66.7 Å². The van der Waals surface area contributed by atoms with Gasteiger partial charge >= 0.3 is 0 Å². The molecule has 3 aromatic carbocycles. The fourth-order valence-electron chi connectivity index (χ4n) is 2.91. The highest BCUT2D eigenvalue weighted by Gasteiger charge is 2.17. The minimum Gasteiger partial charge on any atom is -0.380 e. The van der Waals surface area contributed by atoms with Gasteiger partial charge in [0.25, 0.3) is 11.6 Å². The standard InChI is InChI=1S/C22H20N4O4/c1-14-7-8-16(22(28)25-18-5-3-2-4-6-18)11-19(14)24-13-17-10-9-15(21(23)27)12-20(17)26(29)30/h2-12,24H,13H2,1H3,(H2,23,27)(H,25,28). The highest BCUT2D eigenvalue weighted by Crippen LogP contribution is 2.24. The molecule has 152 valence electrons. The van der Waals surface area contributed by atoms with Crippen LogP contribution in [0.4, 0.5) is 17.1 Å². The molecule has 0 saturated heterocycles. The van der Waals surface area contributed by atoms with E-state index in [9.17, 15) is 19.7 Å². The van der Waals surface area contributed by atoms with E-state index in [1.165, 1.54) is 12.1 Å². The first kappa shape index (κ1) is 20.5. The smallest absolute Gasteiger partial charge is 0.275 e. The number of nitro benzene ring substituents is 1. The van der Waals surface area contributed by atoms with E-state index >= 15 is 0 Å². The van der Waals surface area contributed by atoms with Gasteiger partial charge in [-0.15, -0.1) is 0 Å². The number of benzene rings is 3. The Morgan fingerprint density at radius 1 is 1.00 bits per heavy atom. The van der Waals surface area contributed by atoms with Crippen molar-refractivity contribution in [1.82, 2.24) is 0 Å². The first-order valence-electron chi connectivity index (χ1n) is 9.13. The monoisotopic (exact) mass is 404 g/mol. The average molecular weight is 404 g/mol. The summed E-state index contributed by atoms with van der Waals surface area (Å²) in [5, 5.41) is 17.3. The van der Waals surface area contributed by atoms with Crippen molar-refractivity contribution in [3.8, 4) is 0 Å². The molecule has 0 radical (unpaired) electrons. The van der Waals surface area contributed by atoms with Crippen molar-refractivity contribution in [3.63, 3.8) is 0 Å². The molecule has 8 heteroatoms. The zero-order valence-electron chi connectivity index (χ0n) is 16.2. The summed E-state index contributed by atoms with van der Waals surface area (Å²) in [6.45, 7) is 2.01. The fourth-order valence-corrected chi connectivity index (χ4v) is 2.91. The van der Waals surface area contributed by atoms with Gasteiger partial charge in [0.15, 0.2) is 0 Å². The van der Waals surface area contributed by atoms with E-state index in [1.807, 2.05) is 25.1 Å². The van der Waals surface area contributed by atoms with Crippen molar-refractivity contribution in [3.05, 3.63) is 99.1 Å². The summed E-state index contributed by atoms with van der Waals surface area (Å²) in [5.41, 5.74) is 8.15. The molecule has 0 bridgehead atoms. The molecule has 0 saturated carbocycles. The van der Waals surface area contributed by atoms with Gasteiger partial charge in [-0.25, -0.2) is 0 Å². The lowest BCUT2D eigenvalue weighted by Crippen LogP contribution is -2.13. The molecule has 8 nitrogen and oxygen atoms in total. The number of hydrogen-bond donors (Lipinski definition) is 3. The molecule has 0 aromatic heterocycles. The highest BCUT2D eigenvalue weighted by atomic mass is 16.6. The third kappa shape index (κ3) is 4.79. The third-order valence-corrected chi connectivity index (χ3v) is 4.57. The molecule has 0 spiro atoms. The first-order valence-corrected chi connectivity index (χ1v) is 9.13. The van der Waals surface area contributed by atoms with Crippen molar-refractivity contribution in [1.29, 1.82) is 0 Å². The third-order valence-electron chi connectivity index (χ3n) is 4.57. The lowest BCUT2D eigenvalue weighted by Gasteiger charge is -2.12. The molecule has 0 aliphatic rings. The van der Waals surface area contributed by atoms with Crippen molar-refractivity contribution >= 4 is 28.9 Å². The van der Waals surface area contributed by atoms with Gasteiger partial charge in [-0.2, -0.15) is 0 Å². The molecule has 0 heterocycles. The predicted molar refractivity (Wildman–Crippen MR) is 115 cm³/mol. The van der Waals surface area contributed by atoms with Crippen LogP contribution >= 0.6 is 0 Å². The second kappa shape index (κ2) is 8.87. The molecule has 4 N–H and O–H groups in total. The number of anilines is 2. The molecular formula is C22H20N4O4.